The predicted molar refractivity (Wildman–Crippen MR) is 120 cm³/mol. The highest BCUT2D eigenvalue weighted by atomic mass is 16.6. The molecular formula is C24H46O5. The molecule has 1 unspecified atom stereocenters. The van der Waals surface area contributed by atoms with E-state index in [-0.39, 0.29) is 25.2 Å². The molecule has 0 aliphatic heterocycles. The van der Waals surface area contributed by atoms with Crippen molar-refractivity contribution in [3.63, 3.8) is 0 Å². The second-order valence-corrected chi connectivity index (χ2v) is 7.42. The molecule has 0 rings (SSSR count). The molecule has 29 heavy (non-hydrogen) atoms. The van der Waals surface area contributed by atoms with Gasteiger partial charge in [-0.15, -0.1) is 6.58 Å². The highest BCUT2D eigenvalue weighted by molar-refractivity contribution is 5.70. The van der Waals surface area contributed by atoms with E-state index >= 15 is 0 Å². The van der Waals surface area contributed by atoms with Crippen LogP contribution in [0.5, 0.6) is 0 Å². The molecule has 0 heterocycles. The molecule has 5 heteroatoms. The fraction of sp³-hybridized carbons (Fsp3) is 0.833. The molecule has 0 aromatic heterocycles. The topological polar surface area (TPSA) is 72.8 Å². The number of aliphatic hydroxyl groups is 1. The van der Waals surface area contributed by atoms with Gasteiger partial charge in [-0.25, -0.2) is 0 Å². The summed E-state index contributed by atoms with van der Waals surface area (Å²) >= 11 is 0. The standard InChI is InChI=1S/C21H40O5.C3H6/c1-3-5-7-9-10-12-14-16-21(24)26-19(17-22)18-25-20(23)15-13-11-8-6-4-2;1-3-2/h19,22H,3-18H2,1-2H3;3H,1H2,2H3. The molecule has 1 N–H and O–H groups in total. The predicted octanol–water partition coefficient (Wildman–Crippen LogP) is 6.13. The number of allylic oxidation sites excluding steroid dienone is 1. The Bertz CT molecular complexity index is 381. The van der Waals surface area contributed by atoms with Gasteiger partial charge in [0.15, 0.2) is 6.10 Å². The molecule has 0 amide bonds. The van der Waals surface area contributed by atoms with Gasteiger partial charge < -0.3 is 14.6 Å². The first-order valence-corrected chi connectivity index (χ1v) is 11.6. The summed E-state index contributed by atoms with van der Waals surface area (Å²) < 4.78 is 10.3. The second kappa shape index (κ2) is 24.7. The summed E-state index contributed by atoms with van der Waals surface area (Å²) in [5, 5.41) is 9.28. The lowest BCUT2D eigenvalue weighted by Gasteiger charge is -2.15. The van der Waals surface area contributed by atoms with Crippen LogP contribution >= 0.6 is 0 Å². The Morgan fingerprint density at radius 1 is 0.828 bits per heavy atom. The van der Waals surface area contributed by atoms with Crippen LogP contribution in [0.1, 0.15) is 111 Å². The van der Waals surface area contributed by atoms with Crippen LogP contribution in [0.4, 0.5) is 0 Å². The third kappa shape index (κ3) is 24.6. The lowest BCUT2D eigenvalue weighted by Crippen LogP contribution is -2.28. The number of hydrogen-bond acceptors (Lipinski definition) is 5. The fourth-order valence-electron chi connectivity index (χ4n) is 2.73. The number of ether oxygens (including phenoxy) is 2. The van der Waals surface area contributed by atoms with E-state index in [1.54, 1.807) is 6.08 Å². The molecule has 5 nitrogen and oxygen atoms in total. The Kier molecular flexibility index (Phi) is 25.4. The molecule has 0 saturated heterocycles. The van der Waals surface area contributed by atoms with E-state index in [0.717, 1.165) is 38.5 Å². The Labute approximate surface area is 179 Å². The Hall–Kier alpha value is -1.36. The maximum atomic E-state index is 11.8. The number of rotatable bonds is 18. The molecule has 0 aromatic carbocycles. The monoisotopic (exact) mass is 414 g/mol. The van der Waals surface area contributed by atoms with Crippen LogP contribution < -0.4 is 0 Å². The maximum absolute atomic E-state index is 11.8. The SMILES string of the molecule is C=CC.CCCCCCCCCC(=O)OC(CO)COC(=O)CCCCCCC. The molecule has 0 saturated carbocycles. The van der Waals surface area contributed by atoms with Crippen LogP contribution in [-0.4, -0.2) is 36.4 Å². The molecule has 172 valence electrons. The minimum atomic E-state index is -0.754. The van der Waals surface area contributed by atoms with Gasteiger partial charge in [-0.3, -0.25) is 9.59 Å². The summed E-state index contributed by atoms with van der Waals surface area (Å²) in [5.74, 6) is -0.615. The summed E-state index contributed by atoms with van der Waals surface area (Å²) in [5.41, 5.74) is 0. The fourth-order valence-corrected chi connectivity index (χ4v) is 2.73. The van der Waals surface area contributed by atoms with Gasteiger partial charge in [0.25, 0.3) is 0 Å². The number of esters is 2. The van der Waals surface area contributed by atoms with Crippen LogP contribution in [0.15, 0.2) is 12.7 Å². The van der Waals surface area contributed by atoms with Crippen molar-refractivity contribution in [1.29, 1.82) is 0 Å². The third-order valence-corrected chi connectivity index (χ3v) is 4.40. The lowest BCUT2D eigenvalue weighted by molar-refractivity contribution is -0.161. The molecule has 0 radical (unpaired) electrons. The minimum Gasteiger partial charge on any atom is -0.462 e. The van der Waals surface area contributed by atoms with Crippen LogP contribution in [-0.2, 0) is 19.1 Å². The largest absolute Gasteiger partial charge is 0.462 e. The van der Waals surface area contributed by atoms with Crippen molar-refractivity contribution in [2.24, 2.45) is 0 Å². The highest BCUT2D eigenvalue weighted by Crippen LogP contribution is 2.10. The Balaban J connectivity index is 0. The molecule has 1 atom stereocenters. The van der Waals surface area contributed by atoms with E-state index in [1.165, 1.54) is 38.5 Å². The van der Waals surface area contributed by atoms with Crippen molar-refractivity contribution >= 4 is 11.9 Å². The van der Waals surface area contributed by atoms with Gasteiger partial charge in [0.1, 0.15) is 6.61 Å². The van der Waals surface area contributed by atoms with Gasteiger partial charge in [-0.05, 0) is 19.8 Å². The summed E-state index contributed by atoms with van der Waals surface area (Å²) in [6.45, 7) is 9.20. The number of aliphatic hydroxyl groups excluding tert-OH is 1. The van der Waals surface area contributed by atoms with Gasteiger partial charge in [0.2, 0.25) is 0 Å². The Morgan fingerprint density at radius 2 is 1.24 bits per heavy atom. The minimum absolute atomic E-state index is 0.0624. The van der Waals surface area contributed by atoms with Gasteiger partial charge in [0, 0.05) is 12.8 Å². The van der Waals surface area contributed by atoms with Gasteiger partial charge in [0.05, 0.1) is 6.61 Å². The van der Waals surface area contributed by atoms with Crippen molar-refractivity contribution in [2.45, 2.75) is 117 Å². The first kappa shape index (κ1) is 29.8. The van der Waals surface area contributed by atoms with Crippen molar-refractivity contribution in [3.05, 3.63) is 12.7 Å². The molecule has 0 spiro atoms. The van der Waals surface area contributed by atoms with E-state index in [1.807, 2.05) is 6.92 Å². The van der Waals surface area contributed by atoms with E-state index in [0.29, 0.717) is 12.8 Å². The number of hydrogen-bond donors (Lipinski definition) is 1. The van der Waals surface area contributed by atoms with Gasteiger partial charge >= 0.3 is 11.9 Å². The zero-order valence-electron chi connectivity index (χ0n) is 19.3. The van der Waals surface area contributed by atoms with Crippen molar-refractivity contribution in [1.82, 2.24) is 0 Å². The van der Waals surface area contributed by atoms with Crippen LogP contribution in [0.2, 0.25) is 0 Å². The summed E-state index contributed by atoms with van der Waals surface area (Å²) in [6.07, 6.45) is 15.1. The normalized spacial score (nSPS) is 11.2. The smallest absolute Gasteiger partial charge is 0.306 e. The van der Waals surface area contributed by atoms with Gasteiger partial charge in [-0.1, -0.05) is 84.1 Å². The van der Waals surface area contributed by atoms with Crippen LogP contribution in [0.25, 0.3) is 0 Å². The van der Waals surface area contributed by atoms with E-state index in [9.17, 15) is 14.7 Å². The zero-order chi connectivity index (χ0) is 22.2. The van der Waals surface area contributed by atoms with Crippen molar-refractivity contribution in [3.8, 4) is 0 Å². The quantitative estimate of drug-likeness (QED) is 0.166. The Morgan fingerprint density at radius 3 is 1.69 bits per heavy atom. The van der Waals surface area contributed by atoms with E-state index < -0.39 is 6.10 Å². The van der Waals surface area contributed by atoms with E-state index in [4.69, 9.17) is 9.47 Å². The number of carbonyl (C=O) groups is 2. The second-order valence-electron chi connectivity index (χ2n) is 7.42. The third-order valence-electron chi connectivity index (χ3n) is 4.40. The molecule has 0 aliphatic carbocycles. The van der Waals surface area contributed by atoms with Crippen LogP contribution in [0, 0.1) is 0 Å². The molecule has 0 bridgehead atoms. The molecule has 0 fully saturated rings. The molecular weight excluding hydrogens is 368 g/mol. The average molecular weight is 415 g/mol. The lowest BCUT2D eigenvalue weighted by atomic mass is 10.1. The number of carbonyl (C=O) groups excluding carboxylic acids is 2. The van der Waals surface area contributed by atoms with Crippen molar-refractivity contribution < 1.29 is 24.2 Å². The van der Waals surface area contributed by atoms with Gasteiger partial charge in [-0.2, -0.15) is 0 Å². The molecule has 0 aliphatic rings. The van der Waals surface area contributed by atoms with E-state index in [2.05, 4.69) is 20.4 Å². The summed E-state index contributed by atoms with van der Waals surface area (Å²) in [4.78, 5) is 23.4. The average Bonchev–Trinajstić information content (AvgIpc) is 2.70. The first-order chi connectivity index (χ1) is 14.0. The zero-order valence-corrected chi connectivity index (χ0v) is 19.3. The summed E-state index contributed by atoms with van der Waals surface area (Å²) in [7, 11) is 0. The maximum Gasteiger partial charge on any atom is 0.306 e. The van der Waals surface area contributed by atoms with Crippen LogP contribution in [0.3, 0.4) is 0 Å². The highest BCUT2D eigenvalue weighted by Gasteiger charge is 2.15. The summed E-state index contributed by atoms with van der Waals surface area (Å²) in [6, 6.07) is 0. The first-order valence-electron chi connectivity index (χ1n) is 11.6. The molecule has 0 aromatic rings. The number of unbranched alkanes of at least 4 members (excludes halogenated alkanes) is 10. The van der Waals surface area contributed by atoms with Crippen molar-refractivity contribution in [2.75, 3.05) is 13.2 Å².